The lowest BCUT2D eigenvalue weighted by molar-refractivity contribution is 0.185. The van der Waals surface area contributed by atoms with Crippen LogP contribution in [0.25, 0.3) is 11.4 Å². The first-order valence-electron chi connectivity index (χ1n) is 8.22. The molecule has 1 N–H and O–H groups in total. The molecule has 0 amide bonds. The van der Waals surface area contributed by atoms with E-state index in [1.54, 1.807) is 7.11 Å². The maximum absolute atomic E-state index is 5.77. The van der Waals surface area contributed by atoms with E-state index >= 15 is 0 Å². The van der Waals surface area contributed by atoms with Gasteiger partial charge in [0.15, 0.2) is 0 Å². The zero-order valence-electron chi connectivity index (χ0n) is 13.9. The predicted octanol–water partition coefficient (Wildman–Crippen LogP) is 2.95. The first-order valence-corrected chi connectivity index (χ1v) is 8.22. The van der Waals surface area contributed by atoms with E-state index in [-0.39, 0.29) is 6.04 Å². The van der Waals surface area contributed by atoms with E-state index in [0.717, 1.165) is 22.4 Å². The Bertz CT molecular complexity index is 862. The van der Waals surface area contributed by atoms with Crippen molar-refractivity contribution in [1.29, 1.82) is 0 Å². The van der Waals surface area contributed by atoms with E-state index in [2.05, 4.69) is 15.5 Å². The van der Waals surface area contributed by atoms with Crippen LogP contribution in [0.1, 0.15) is 23.1 Å². The third kappa shape index (κ3) is 3.26. The topological polar surface area (TPSA) is 69.4 Å². The average Bonchev–Trinajstić information content (AvgIpc) is 3.03. The summed E-state index contributed by atoms with van der Waals surface area (Å²) in [4.78, 5) is 4.61. The molecule has 25 heavy (non-hydrogen) atoms. The van der Waals surface area contributed by atoms with Crippen molar-refractivity contribution in [2.45, 2.75) is 12.6 Å². The summed E-state index contributed by atoms with van der Waals surface area (Å²) in [5, 5.41) is 7.57. The maximum atomic E-state index is 5.77. The fraction of sp³-hybridized carbons (Fsp3) is 0.263. The lowest BCUT2D eigenvalue weighted by atomic mass is 10.1. The Morgan fingerprint density at radius 2 is 2.12 bits per heavy atom. The number of hydrogen-bond donors (Lipinski definition) is 1. The van der Waals surface area contributed by atoms with Gasteiger partial charge < -0.3 is 14.0 Å². The highest BCUT2D eigenvalue weighted by molar-refractivity contribution is 5.55. The van der Waals surface area contributed by atoms with Crippen LogP contribution < -0.4 is 10.1 Å². The molecule has 0 fully saturated rings. The Labute approximate surface area is 145 Å². The normalized spacial score (nSPS) is 16.8. The Hall–Kier alpha value is -2.70. The van der Waals surface area contributed by atoms with Crippen molar-refractivity contribution in [2.24, 2.45) is 0 Å². The molecular formula is C19H19N3O3. The number of hydrogen-bond acceptors (Lipinski definition) is 6. The molecule has 1 aliphatic heterocycles. The molecule has 6 heteroatoms. The van der Waals surface area contributed by atoms with E-state index in [4.69, 9.17) is 14.0 Å². The molecule has 1 aromatic heterocycles. The van der Waals surface area contributed by atoms with Gasteiger partial charge in [-0.15, -0.1) is 0 Å². The summed E-state index contributed by atoms with van der Waals surface area (Å²) in [6, 6.07) is 15.7. The summed E-state index contributed by atoms with van der Waals surface area (Å²) >= 11 is 0. The van der Waals surface area contributed by atoms with Gasteiger partial charge in [0.25, 0.3) is 0 Å². The SMILES string of the molecule is COCc1cccc(-c2noc(C3NCCOc4ccccc43)n2)c1. The Balaban J connectivity index is 1.66. The maximum Gasteiger partial charge on any atom is 0.248 e. The summed E-state index contributed by atoms with van der Waals surface area (Å²) in [5.41, 5.74) is 2.98. The largest absolute Gasteiger partial charge is 0.492 e. The summed E-state index contributed by atoms with van der Waals surface area (Å²) in [5.74, 6) is 1.95. The van der Waals surface area contributed by atoms with Crippen molar-refractivity contribution in [3.8, 4) is 17.1 Å². The molecule has 128 valence electrons. The highest BCUT2D eigenvalue weighted by atomic mass is 16.5. The third-order valence-electron chi connectivity index (χ3n) is 4.12. The summed E-state index contributed by atoms with van der Waals surface area (Å²) in [7, 11) is 1.68. The van der Waals surface area contributed by atoms with Crippen molar-refractivity contribution in [3.63, 3.8) is 0 Å². The van der Waals surface area contributed by atoms with Crippen LogP contribution >= 0.6 is 0 Å². The van der Waals surface area contributed by atoms with Gasteiger partial charge in [0.1, 0.15) is 18.4 Å². The van der Waals surface area contributed by atoms with Gasteiger partial charge in [0.05, 0.1) is 6.61 Å². The van der Waals surface area contributed by atoms with Crippen LogP contribution in [0, 0.1) is 0 Å². The van der Waals surface area contributed by atoms with E-state index in [1.807, 2.05) is 48.5 Å². The van der Waals surface area contributed by atoms with Crippen LogP contribution in [0.4, 0.5) is 0 Å². The molecule has 1 aliphatic rings. The van der Waals surface area contributed by atoms with Gasteiger partial charge in [0, 0.05) is 24.8 Å². The second-order valence-corrected chi connectivity index (χ2v) is 5.86. The van der Waals surface area contributed by atoms with E-state index < -0.39 is 0 Å². The number of benzene rings is 2. The number of methoxy groups -OCH3 is 1. The summed E-state index contributed by atoms with van der Waals surface area (Å²) in [6.45, 7) is 1.86. The smallest absolute Gasteiger partial charge is 0.248 e. The number of fused-ring (bicyclic) bond motifs is 1. The average molecular weight is 337 g/mol. The second kappa shape index (κ2) is 7.04. The molecule has 0 saturated heterocycles. The molecule has 2 aromatic carbocycles. The number of rotatable bonds is 4. The summed E-state index contributed by atoms with van der Waals surface area (Å²) in [6.07, 6.45) is 0. The number of aromatic nitrogens is 2. The van der Waals surface area contributed by atoms with Crippen LogP contribution in [0.2, 0.25) is 0 Å². The lowest BCUT2D eigenvalue weighted by Gasteiger charge is -2.12. The zero-order valence-corrected chi connectivity index (χ0v) is 13.9. The minimum absolute atomic E-state index is 0.179. The molecule has 2 heterocycles. The van der Waals surface area contributed by atoms with Gasteiger partial charge in [0.2, 0.25) is 11.7 Å². The second-order valence-electron chi connectivity index (χ2n) is 5.86. The van der Waals surface area contributed by atoms with E-state index in [0.29, 0.717) is 31.5 Å². The molecule has 0 bridgehead atoms. The summed E-state index contributed by atoms with van der Waals surface area (Å²) < 4.78 is 16.5. The molecule has 1 unspecified atom stereocenters. The predicted molar refractivity (Wildman–Crippen MR) is 92.2 cm³/mol. The van der Waals surface area contributed by atoms with Crippen LogP contribution in [0.15, 0.2) is 53.1 Å². The number of ether oxygens (including phenoxy) is 2. The monoisotopic (exact) mass is 337 g/mol. The van der Waals surface area contributed by atoms with Gasteiger partial charge in [-0.2, -0.15) is 4.98 Å². The first-order chi connectivity index (χ1) is 12.3. The standard InChI is InChI=1S/C19H19N3O3/c1-23-12-13-5-4-6-14(11-13)18-21-19(25-22-18)17-15-7-2-3-8-16(15)24-10-9-20-17/h2-8,11,17,20H,9-10,12H2,1H3. The first kappa shape index (κ1) is 15.8. The fourth-order valence-corrected chi connectivity index (χ4v) is 2.98. The molecule has 0 radical (unpaired) electrons. The van der Waals surface area contributed by atoms with Crippen molar-refractivity contribution >= 4 is 0 Å². The molecular weight excluding hydrogens is 318 g/mol. The molecule has 0 saturated carbocycles. The zero-order chi connectivity index (χ0) is 17.1. The van der Waals surface area contributed by atoms with Crippen molar-refractivity contribution in [3.05, 3.63) is 65.5 Å². The number of para-hydroxylation sites is 1. The van der Waals surface area contributed by atoms with Gasteiger partial charge in [-0.1, -0.05) is 41.6 Å². The minimum atomic E-state index is -0.179. The number of nitrogens with zero attached hydrogens (tertiary/aromatic N) is 2. The Kier molecular flexibility index (Phi) is 4.45. The molecule has 6 nitrogen and oxygen atoms in total. The highest BCUT2D eigenvalue weighted by Gasteiger charge is 2.26. The fourth-order valence-electron chi connectivity index (χ4n) is 2.98. The van der Waals surface area contributed by atoms with E-state index in [9.17, 15) is 0 Å². The van der Waals surface area contributed by atoms with Gasteiger partial charge in [-0.3, -0.25) is 5.32 Å². The lowest BCUT2D eigenvalue weighted by Crippen LogP contribution is -2.24. The van der Waals surface area contributed by atoms with Crippen molar-refractivity contribution < 1.29 is 14.0 Å². The Morgan fingerprint density at radius 1 is 1.20 bits per heavy atom. The van der Waals surface area contributed by atoms with Crippen molar-refractivity contribution in [1.82, 2.24) is 15.5 Å². The highest BCUT2D eigenvalue weighted by Crippen LogP contribution is 2.31. The van der Waals surface area contributed by atoms with Gasteiger partial charge >= 0.3 is 0 Å². The van der Waals surface area contributed by atoms with Gasteiger partial charge in [-0.25, -0.2) is 0 Å². The molecule has 3 aromatic rings. The number of nitrogens with one attached hydrogen (secondary N) is 1. The molecule has 4 rings (SSSR count). The van der Waals surface area contributed by atoms with Crippen LogP contribution in [-0.2, 0) is 11.3 Å². The molecule has 1 atom stereocenters. The van der Waals surface area contributed by atoms with Crippen LogP contribution in [0.5, 0.6) is 5.75 Å². The molecule has 0 spiro atoms. The van der Waals surface area contributed by atoms with Crippen molar-refractivity contribution in [2.75, 3.05) is 20.3 Å². The third-order valence-corrected chi connectivity index (χ3v) is 4.12. The van der Waals surface area contributed by atoms with Crippen LogP contribution in [0.3, 0.4) is 0 Å². The van der Waals surface area contributed by atoms with Gasteiger partial charge in [-0.05, 0) is 17.7 Å². The Morgan fingerprint density at radius 3 is 3.04 bits per heavy atom. The molecule has 0 aliphatic carbocycles. The van der Waals surface area contributed by atoms with Crippen LogP contribution in [-0.4, -0.2) is 30.4 Å². The quantitative estimate of drug-likeness (QED) is 0.789. The minimum Gasteiger partial charge on any atom is -0.492 e. The van der Waals surface area contributed by atoms with E-state index in [1.165, 1.54) is 0 Å².